The lowest BCUT2D eigenvalue weighted by molar-refractivity contribution is -0.138. The molecule has 0 aliphatic carbocycles. The van der Waals surface area contributed by atoms with Crippen LogP contribution in [0.4, 0.5) is 0 Å². The van der Waals surface area contributed by atoms with Crippen molar-refractivity contribution in [2.24, 2.45) is 0 Å². The van der Waals surface area contributed by atoms with Crippen molar-refractivity contribution in [3.63, 3.8) is 0 Å². The van der Waals surface area contributed by atoms with E-state index in [2.05, 4.69) is 34.1 Å². The average molecular weight is 314 g/mol. The first-order valence-corrected chi connectivity index (χ1v) is 9.02. The summed E-state index contributed by atoms with van der Waals surface area (Å²) in [7, 11) is 0. The van der Waals surface area contributed by atoms with Crippen molar-refractivity contribution in [2.75, 3.05) is 32.8 Å². The first-order chi connectivity index (χ1) is 11.3. The van der Waals surface area contributed by atoms with Gasteiger partial charge >= 0.3 is 0 Å². The molecule has 3 aliphatic rings. The van der Waals surface area contributed by atoms with Crippen LogP contribution >= 0.6 is 0 Å². The van der Waals surface area contributed by atoms with E-state index in [1.807, 2.05) is 0 Å². The van der Waals surface area contributed by atoms with Crippen LogP contribution in [-0.2, 0) is 16.0 Å². The predicted molar refractivity (Wildman–Crippen MR) is 89.2 cm³/mol. The van der Waals surface area contributed by atoms with Crippen LogP contribution in [0.5, 0.6) is 0 Å². The Morgan fingerprint density at radius 3 is 2.96 bits per heavy atom. The van der Waals surface area contributed by atoms with Crippen LogP contribution in [0.3, 0.4) is 0 Å². The fraction of sp³-hybridized carbons (Fsp3) is 0.632. The topological polar surface area (TPSA) is 32.8 Å². The second-order valence-corrected chi connectivity index (χ2v) is 7.03. The van der Waals surface area contributed by atoms with Gasteiger partial charge in [0.25, 0.3) is 0 Å². The lowest BCUT2D eigenvalue weighted by atomic mass is 9.91. The highest BCUT2D eigenvalue weighted by molar-refractivity contribution is 5.77. The van der Waals surface area contributed by atoms with Gasteiger partial charge in [0.15, 0.2) is 0 Å². The highest BCUT2D eigenvalue weighted by Crippen LogP contribution is 2.32. The number of fused-ring (bicyclic) bond motifs is 3. The summed E-state index contributed by atoms with van der Waals surface area (Å²) >= 11 is 0. The van der Waals surface area contributed by atoms with Crippen molar-refractivity contribution in [2.45, 2.75) is 44.2 Å². The summed E-state index contributed by atoms with van der Waals surface area (Å²) in [6, 6.07) is 9.11. The fourth-order valence-electron chi connectivity index (χ4n) is 4.25. The highest BCUT2D eigenvalue weighted by Gasteiger charge is 2.34. The molecule has 4 nitrogen and oxygen atoms in total. The average Bonchev–Trinajstić information content (AvgIpc) is 2.62. The van der Waals surface area contributed by atoms with Crippen molar-refractivity contribution in [3.8, 4) is 0 Å². The molecule has 2 saturated heterocycles. The Morgan fingerprint density at radius 1 is 1.17 bits per heavy atom. The zero-order valence-corrected chi connectivity index (χ0v) is 13.7. The molecule has 4 rings (SSSR count). The standard InChI is InChI=1S/C19H26N2O2/c22-19(13-16-6-3-4-12-23-16)21-11-10-20-9-8-15-5-1-2-7-17(15)18(20)14-21/h1-2,5,7,16,18H,3-4,6,8-14H2. The van der Waals surface area contributed by atoms with Gasteiger partial charge in [0, 0.05) is 32.8 Å². The van der Waals surface area contributed by atoms with E-state index in [4.69, 9.17) is 4.74 Å². The summed E-state index contributed by atoms with van der Waals surface area (Å²) in [4.78, 5) is 17.3. The molecule has 1 aromatic rings. The first kappa shape index (κ1) is 15.2. The third kappa shape index (κ3) is 3.15. The molecule has 4 heteroatoms. The second-order valence-electron chi connectivity index (χ2n) is 7.03. The van der Waals surface area contributed by atoms with Gasteiger partial charge in [-0.25, -0.2) is 0 Å². The monoisotopic (exact) mass is 314 g/mol. The Kier molecular flexibility index (Phi) is 4.36. The molecule has 2 unspecified atom stereocenters. The van der Waals surface area contributed by atoms with Crippen LogP contribution < -0.4 is 0 Å². The third-order valence-corrected chi connectivity index (χ3v) is 5.60. The maximum Gasteiger partial charge on any atom is 0.225 e. The van der Waals surface area contributed by atoms with Gasteiger partial charge in [0.2, 0.25) is 5.91 Å². The minimum Gasteiger partial charge on any atom is -0.378 e. The fourth-order valence-corrected chi connectivity index (χ4v) is 4.25. The molecule has 0 spiro atoms. The molecule has 0 saturated carbocycles. The van der Waals surface area contributed by atoms with Gasteiger partial charge in [-0.2, -0.15) is 0 Å². The molecule has 2 fully saturated rings. The molecule has 0 N–H and O–H groups in total. The minimum atomic E-state index is 0.146. The number of rotatable bonds is 2. The number of benzene rings is 1. The lowest BCUT2D eigenvalue weighted by Crippen LogP contribution is -2.53. The molecule has 0 radical (unpaired) electrons. The van der Waals surface area contributed by atoms with E-state index in [0.717, 1.165) is 52.0 Å². The molecule has 0 bridgehead atoms. The van der Waals surface area contributed by atoms with Gasteiger partial charge in [-0.15, -0.1) is 0 Å². The van der Waals surface area contributed by atoms with Gasteiger partial charge < -0.3 is 9.64 Å². The summed E-state index contributed by atoms with van der Waals surface area (Å²) < 4.78 is 5.74. The zero-order chi connectivity index (χ0) is 15.6. The normalized spacial score (nSPS) is 28.1. The van der Waals surface area contributed by atoms with Gasteiger partial charge in [-0.3, -0.25) is 9.69 Å². The van der Waals surface area contributed by atoms with Crippen LogP contribution in [0.15, 0.2) is 24.3 Å². The molecule has 124 valence electrons. The number of nitrogens with zero attached hydrogens (tertiary/aromatic N) is 2. The molecule has 0 aromatic heterocycles. The number of piperazine rings is 1. The van der Waals surface area contributed by atoms with Crippen molar-refractivity contribution in [1.82, 2.24) is 9.80 Å². The van der Waals surface area contributed by atoms with E-state index in [1.54, 1.807) is 0 Å². The predicted octanol–water partition coefficient (Wildman–Crippen LogP) is 2.39. The molecule has 2 atom stereocenters. The van der Waals surface area contributed by atoms with Crippen LogP contribution in [-0.4, -0.2) is 54.6 Å². The molecule has 1 amide bonds. The van der Waals surface area contributed by atoms with Crippen LogP contribution in [0, 0.1) is 0 Å². The Labute approximate surface area is 138 Å². The van der Waals surface area contributed by atoms with E-state index < -0.39 is 0 Å². The number of carbonyl (C=O) groups is 1. The van der Waals surface area contributed by atoms with E-state index in [9.17, 15) is 4.79 Å². The molecular weight excluding hydrogens is 288 g/mol. The second kappa shape index (κ2) is 6.62. The van der Waals surface area contributed by atoms with Gasteiger partial charge in [-0.1, -0.05) is 24.3 Å². The smallest absolute Gasteiger partial charge is 0.225 e. The van der Waals surface area contributed by atoms with Gasteiger partial charge in [0.1, 0.15) is 0 Å². The maximum atomic E-state index is 12.7. The van der Waals surface area contributed by atoms with E-state index in [-0.39, 0.29) is 12.0 Å². The SMILES string of the molecule is O=C(CC1CCCCO1)N1CCN2CCc3ccccc3C2C1. The summed E-state index contributed by atoms with van der Waals surface area (Å²) in [6.45, 7) is 4.64. The maximum absolute atomic E-state index is 12.7. The molecule has 1 aromatic carbocycles. The molecule has 3 aliphatic heterocycles. The number of hydrogen-bond acceptors (Lipinski definition) is 3. The van der Waals surface area contributed by atoms with E-state index in [0.29, 0.717) is 12.5 Å². The first-order valence-electron chi connectivity index (χ1n) is 9.02. The Morgan fingerprint density at radius 2 is 2.09 bits per heavy atom. The number of hydrogen-bond donors (Lipinski definition) is 0. The largest absolute Gasteiger partial charge is 0.378 e. The zero-order valence-electron chi connectivity index (χ0n) is 13.7. The third-order valence-electron chi connectivity index (χ3n) is 5.60. The quantitative estimate of drug-likeness (QED) is 0.840. The van der Waals surface area contributed by atoms with Crippen LogP contribution in [0.25, 0.3) is 0 Å². The van der Waals surface area contributed by atoms with Crippen LogP contribution in [0.2, 0.25) is 0 Å². The van der Waals surface area contributed by atoms with Crippen molar-refractivity contribution >= 4 is 5.91 Å². The minimum absolute atomic E-state index is 0.146. The van der Waals surface area contributed by atoms with Gasteiger partial charge in [-0.05, 0) is 36.8 Å². The molecule has 23 heavy (non-hydrogen) atoms. The van der Waals surface area contributed by atoms with Crippen molar-refractivity contribution < 1.29 is 9.53 Å². The van der Waals surface area contributed by atoms with Crippen molar-refractivity contribution in [3.05, 3.63) is 35.4 Å². The summed E-state index contributed by atoms with van der Waals surface area (Å²) in [5, 5.41) is 0. The number of ether oxygens (including phenoxy) is 1. The van der Waals surface area contributed by atoms with Crippen molar-refractivity contribution in [1.29, 1.82) is 0 Å². The summed E-state index contributed by atoms with van der Waals surface area (Å²) in [5.74, 6) is 0.277. The Bertz CT molecular complexity index is 568. The number of amides is 1. The molecular formula is C19H26N2O2. The molecule has 3 heterocycles. The lowest BCUT2D eigenvalue weighted by Gasteiger charge is -2.45. The Hall–Kier alpha value is -1.39. The van der Waals surface area contributed by atoms with Crippen LogP contribution in [0.1, 0.15) is 42.9 Å². The summed E-state index contributed by atoms with van der Waals surface area (Å²) in [6.07, 6.45) is 5.22. The highest BCUT2D eigenvalue weighted by atomic mass is 16.5. The summed E-state index contributed by atoms with van der Waals surface area (Å²) in [5.41, 5.74) is 2.88. The Balaban J connectivity index is 1.43. The van der Waals surface area contributed by atoms with Gasteiger partial charge in [0.05, 0.1) is 18.6 Å². The number of carbonyl (C=O) groups excluding carboxylic acids is 1. The van der Waals surface area contributed by atoms with E-state index >= 15 is 0 Å². The van der Waals surface area contributed by atoms with E-state index in [1.165, 1.54) is 17.5 Å².